The lowest BCUT2D eigenvalue weighted by atomic mass is 10.2. The Morgan fingerprint density at radius 1 is 1.32 bits per heavy atom. The molecule has 0 radical (unpaired) electrons. The van der Waals surface area contributed by atoms with Crippen LogP contribution in [0.25, 0.3) is 0 Å². The molecule has 0 fully saturated rings. The predicted molar refractivity (Wildman–Crippen MR) is 88.3 cm³/mol. The highest BCUT2D eigenvalue weighted by atomic mass is 79.9. The first kappa shape index (κ1) is 16.9. The molecule has 0 spiro atoms. The van der Waals surface area contributed by atoms with Crippen LogP contribution in [0.4, 0.5) is 0 Å². The fourth-order valence-corrected chi connectivity index (χ4v) is 3.05. The number of hydrogen-bond donors (Lipinski definition) is 1. The molecule has 1 aromatic carbocycles. The molecular formula is C14H19BrClNOS. The number of rotatable bonds is 8. The third kappa shape index (κ3) is 6.68. The summed E-state index contributed by atoms with van der Waals surface area (Å²) in [6.07, 6.45) is 6.83. The van der Waals surface area contributed by atoms with Gasteiger partial charge in [0.05, 0.1) is 5.56 Å². The van der Waals surface area contributed by atoms with E-state index in [2.05, 4.69) is 27.5 Å². The largest absolute Gasteiger partial charge is 0.352 e. The van der Waals surface area contributed by atoms with Gasteiger partial charge in [0.25, 0.3) is 5.91 Å². The Morgan fingerprint density at radius 2 is 2.05 bits per heavy atom. The molecule has 19 heavy (non-hydrogen) atoms. The highest BCUT2D eigenvalue weighted by Gasteiger charge is 2.09. The molecule has 0 saturated carbocycles. The lowest BCUT2D eigenvalue weighted by Crippen LogP contribution is -2.24. The van der Waals surface area contributed by atoms with Crippen LogP contribution in [-0.2, 0) is 0 Å². The summed E-state index contributed by atoms with van der Waals surface area (Å²) in [5.41, 5.74) is 0.631. The minimum absolute atomic E-state index is 0.0485. The van der Waals surface area contributed by atoms with Crippen LogP contribution in [0.5, 0.6) is 0 Å². The van der Waals surface area contributed by atoms with Crippen molar-refractivity contribution in [2.24, 2.45) is 0 Å². The van der Waals surface area contributed by atoms with E-state index in [-0.39, 0.29) is 5.91 Å². The van der Waals surface area contributed by atoms with E-state index in [0.717, 1.165) is 17.4 Å². The maximum Gasteiger partial charge on any atom is 0.252 e. The number of halogens is 2. The van der Waals surface area contributed by atoms with Gasteiger partial charge in [0.2, 0.25) is 0 Å². The second kappa shape index (κ2) is 9.67. The molecule has 2 nitrogen and oxygen atoms in total. The number of carbonyl (C=O) groups is 1. The monoisotopic (exact) mass is 363 g/mol. The zero-order chi connectivity index (χ0) is 14.1. The molecule has 0 aliphatic heterocycles. The fourth-order valence-electron chi connectivity index (χ4n) is 1.70. The molecule has 0 saturated heterocycles. The first-order valence-corrected chi connectivity index (χ1v) is 8.94. The van der Waals surface area contributed by atoms with Crippen LogP contribution in [0.3, 0.4) is 0 Å². The molecule has 1 N–H and O–H groups in total. The van der Waals surface area contributed by atoms with Crippen LogP contribution >= 0.6 is 39.3 Å². The van der Waals surface area contributed by atoms with Gasteiger partial charge in [-0.2, -0.15) is 11.8 Å². The van der Waals surface area contributed by atoms with Crippen molar-refractivity contribution in [3.05, 3.63) is 33.3 Å². The van der Waals surface area contributed by atoms with E-state index in [9.17, 15) is 4.79 Å². The number of carbonyl (C=O) groups excluding carboxylic acids is 1. The Morgan fingerprint density at radius 3 is 2.74 bits per heavy atom. The van der Waals surface area contributed by atoms with E-state index in [4.69, 9.17) is 11.6 Å². The van der Waals surface area contributed by atoms with Gasteiger partial charge >= 0.3 is 0 Å². The molecule has 0 bridgehead atoms. The van der Waals surface area contributed by atoms with Crippen molar-refractivity contribution in [3.63, 3.8) is 0 Å². The van der Waals surface area contributed by atoms with E-state index >= 15 is 0 Å². The first-order valence-electron chi connectivity index (χ1n) is 6.37. The molecule has 0 atom stereocenters. The number of nitrogens with one attached hydrogen (secondary N) is 1. The Balaban J connectivity index is 2.24. The quantitative estimate of drug-likeness (QED) is 0.674. The van der Waals surface area contributed by atoms with Crippen molar-refractivity contribution >= 4 is 45.2 Å². The summed E-state index contributed by atoms with van der Waals surface area (Å²) in [5.74, 6) is 1.18. The average molecular weight is 365 g/mol. The van der Waals surface area contributed by atoms with Crippen LogP contribution in [0, 0.1) is 0 Å². The molecule has 0 heterocycles. The summed E-state index contributed by atoms with van der Waals surface area (Å²) in [7, 11) is 0. The zero-order valence-corrected chi connectivity index (χ0v) is 14.2. The van der Waals surface area contributed by atoms with Crippen molar-refractivity contribution in [1.82, 2.24) is 5.32 Å². The van der Waals surface area contributed by atoms with Gasteiger partial charge in [-0.05, 0) is 59.0 Å². The Kier molecular flexibility index (Phi) is 8.58. The zero-order valence-electron chi connectivity index (χ0n) is 11.0. The summed E-state index contributed by atoms with van der Waals surface area (Å²) in [6, 6.07) is 5.20. The summed E-state index contributed by atoms with van der Waals surface area (Å²) in [4.78, 5) is 11.9. The number of benzene rings is 1. The predicted octanol–water partition coefficient (Wildman–Crippen LogP) is 4.76. The van der Waals surface area contributed by atoms with Gasteiger partial charge in [0, 0.05) is 16.0 Å². The molecule has 1 aromatic rings. The third-order valence-corrected chi connectivity index (χ3v) is 4.32. The van der Waals surface area contributed by atoms with E-state index in [1.54, 1.807) is 18.2 Å². The summed E-state index contributed by atoms with van der Waals surface area (Å²) < 4.78 is 0.734. The van der Waals surface area contributed by atoms with E-state index in [0.29, 0.717) is 10.6 Å². The molecule has 0 unspecified atom stereocenters. The van der Waals surface area contributed by atoms with Crippen molar-refractivity contribution in [3.8, 4) is 0 Å². The number of hydrogen-bond acceptors (Lipinski definition) is 2. The van der Waals surface area contributed by atoms with Gasteiger partial charge < -0.3 is 5.32 Å². The summed E-state index contributed by atoms with van der Waals surface area (Å²) in [6.45, 7) is 0.729. The molecule has 106 valence electrons. The summed E-state index contributed by atoms with van der Waals surface area (Å²) >= 11 is 11.1. The highest BCUT2D eigenvalue weighted by molar-refractivity contribution is 9.10. The molecule has 1 rings (SSSR count). The smallest absolute Gasteiger partial charge is 0.252 e. The van der Waals surface area contributed by atoms with Crippen LogP contribution in [0.1, 0.15) is 36.0 Å². The SMILES string of the molecule is CSCCCCCCNC(=O)c1ccc(Cl)cc1Br. The van der Waals surface area contributed by atoms with Crippen LogP contribution in [0.2, 0.25) is 5.02 Å². The normalized spacial score (nSPS) is 10.5. The van der Waals surface area contributed by atoms with Gasteiger partial charge in [0.1, 0.15) is 0 Å². The molecule has 5 heteroatoms. The Labute approximate surface area is 132 Å². The minimum Gasteiger partial charge on any atom is -0.352 e. The van der Waals surface area contributed by atoms with Crippen molar-refractivity contribution in [2.45, 2.75) is 25.7 Å². The van der Waals surface area contributed by atoms with Gasteiger partial charge in [-0.1, -0.05) is 24.4 Å². The molecule has 0 aromatic heterocycles. The Hall–Kier alpha value is -0.190. The maximum atomic E-state index is 11.9. The van der Waals surface area contributed by atoms with E-state index in [1.807, 2.05) is 11.8 Å². The maximum absolute atomic E-state index is 11.9. The average Bonchev–Trinajstić information content (AvgIpc) is 2.37. The van der Waals surface area contributed by atoms with Gasteiger partial charge in [0.15, 0.2) is 0 Å². The van der Waals surface area contributed by atoms with Crippen LogP contribution in [-0.4, -0.2) is 24.5 Å². The fraction of sp³-hybridized carbons (Fsp3) is 0.500. The second-order valence-corrected chi connectivity index (χ2v) is 6.56. The first-order chi connectivity index (χ1) is 9.15. The van der Waals surface area contributed by atoms with Gasteiger partial charge in [-0.25, -0.2) is 0 Å². The molecule has 1 amide bonds. The van der Waals surface area contributed by atoms with E-state index < -0.39 is 0 Å². The van der Waals surface area contributed by atoms with Gasteiger partial charge in [-0.3, -0.25) is 4.79 Å². The molecular weight excluding hydrogens is 346 g/mol. The number of amides is 1. The van der Waals surface area contributed by atoms with Crippen molar-refractivity contribution < 1.29 is 4.79 Å². The lowest BCUT2D eigenvalue weighted by Gasteiger charge is -2.07. The summed E-state index contributed by atoms with van der Waals surface area (Å²) in [5, 5.41) is 3.56. The minimum atomic E-state index is -0.0485. The van der Waals surface area contributed by atoms with Crippen LogP contribution in [0.15, 0.2) is 22.7 Å². The lowest BCUT2D eigenvalue weighted by molar-refractivity contribution is 0.0952. The van der Waals surface area contributed by atoms with E-state index in [1.165, 1.54) is 25.0 Å². The van der Waals surface area contributed by atoms with Crippen molar-refractivity contribution in [1.29, 1.82) is 0 Å². The van der Waals surface area contributed by atoms with Gasteiger partial charge in [-0.15, -0.1) is 0 Å². The molecule has 0 aliphatic carbocycles. The number of thioether (sulfide) groups is 1. The second-order valence-electron chi connectivity index (χ2n) is 4.29. The van der Waals surface area contributed by atoms with Crippen molar-refractivity contribution in [2.75, 3.05) is 18.6 Å². The molecule has 0 aliphatic rings. The number of unbranched alkanes of at least 4 members (excludes halogenated alkanes) is 3. The third-order valence-electron chi connectivity index (χ3n) is 2.74. The van der Waals surface area contributed by atoms with Crippen LogP contribution < -0.4 is 5.32 Å². The topological polar surface area (TPSA) is 29.1 Å². The highest BCUT2D eigenvalue weighted by Crippen LogP contribution is 2.21. The standard InChI is InChI=1S/C14H19BrClNOS/c1-19-9-5-3-2-4-8-17-14(18)12-7-6-11(16)10-13(12)15/h6-7,10H,2-5,8-9H2,1H3,(H,17,18). The Bertz CT molecular complexity index is 414.